The van der Waals surface area contributed by atoms with Gasteiger partial charge in [0.15, 0.2) is 0 Å². The summed E-state index contributed by atoms with van der Waals surface area (Å²) < 4.78 is 5.46. The van der Waals surface area contributed by atoms with Crippen molar-refractivity contribution in [1.29, 1.82) is 0 Å². The van der Waals surface area contributed by atoms with Crippen molar-refractivity contribution >= 4 is 11.9 Å². The number of hydrogen-bond acceptors (Lipinski definition) is 5. The van der Waals surface area contributed by atoms with Gasteiger partial charge in [0.05, 0.1) is 25.4 Å². The minimum atomic E-state index is -0.853. The number of aliphatic hydroxyl groups excluding tert-OH is 2. The third kappa shape index (κ3) is 55.5. The summed E-state index contributed by atoms with van der Waals surface area (Å²) in [6.45, 7) is 4.89. The van der Waals surface area contributed by atoms with Crippen LogP contribution in [0.2, 0.25) is 0 Å². The number of carbonyl (C=O) groups excluding carboxylic acids is 2. The Labute approximate surface area is 431 Å². The Kier molecular flexibility index (Phi) is 57.5. The van der Waals surface area contributed by atoms with Crippen molar-refractivity contribution in [2.45, 2.75) is 353 Å². The zero-order valence-corrected chi connectivity index (χ0v) is 46.6. The number of rotatable bonds is 58. The molecule has 69 heavy (non-hydrogen) atoms. The molecule has 0 radical (unpaired) electrons. The standard InChI is InChI=1S/C63H121NO5/c1-3-5-7-9-11-13-15-17-18-19-20-21-22-23-24-25-26-27-28-32-35-39-43-47-51-55-61(66)60(59-65)64-62(67)56-52-48-44-40-36-33-29-30-34-38-42-46-50-54-58-69-63(68)57-53-49-45-41-37-31-16-14-12-10-8-6-4-2/h14,16,51,55,60-61,65-66H,3-13,15,17-50,52-54,56-59H2,1-2H3,(H,64,67)/b16-14-,55-51+. The Balaban J connectivity index is 3.47. The van der Waals surface area contributed by atoms with Crippen LogP contribution in [0.1, 0.15) is 341 Å². The second kappa shape index (κ2) is 58.9. The summed E-state index contributed by atoms with van der Waals surface area (Å²) in [5, 5.41) is 23.2. The number of ether oxygens (including phenoxy) is 1. The molecule has 0 saturated carbocycles. The van der Waals surface area contributed by atoms with Gasteiger partial charge in [-0.25, -0.2) is 0 Å². The van der Waals surface area contributed by atoms with Crippen molar-refractivity contribution in [1.82, 2.24) is 5.32 Å². The number of nitrogens with one attached hydrogen (secondary N) is 1. The molecule has 0 spiro atoms. The zero-order chi connectivity index (χ0) is 50.0. The van der Waals surface area contributed by atoms with Crippen molar-refractivity contribution in [3.8, 4) is 0 Å². The molecule has 2 atom stereocenters. The number of aliphatic hydroxyl groups is 2. The fourth-order valence-corrected chi connectivity index (χ4v) is 9.69. The van der Waals surface area contributed by atoms with Crippen LogP contribution in [0.4, 0.5) is 0 Å². The number of hydrogen-bond donors (Lipinski definition) is 3. The summed E-state index contributed by atoms with van der Waals surface area (Å²) in [5.74, 6) is -0.0872. The van der Waals surface area contributed by atoms with Crippen LogP contribution in [-0.2, 0) is 14.3 Å². The van der Waals surface area contributed by atoms with Crippen LogP contribution in [-0.4, -0.2) is 47.4 Å². The first kappa shape index (κ1) is 67.3. The number of amides is 1. The van der Waals surface area contributed by atoms with Gasteiger partial charge in [-0.2, -0.15) is 0 Å². The van der Waals surface area contributed by atoms with Gasteiger partial charge in [0, 0.05) is 12.8 Å². The van der Waals surface area contributed by atoms with Gasteiger partial charge in [-0.05, 0) is 57.8 Å². The molecule has 6 nitrogen and oxygen atoms in total. The average molecular weight is 973 g/mol. The van der Waals surface area contributed by atoms with E-state index in [9.17, 15) is 19.8 Å². The van der Waals surface area contributed by atoms with Crippen molar-refractivity contribution in [2.75, 3.05) is 13.2 Å². The number of unbranched alkanes of at least 4 members (excludes halogenated alkanes) is 45. The van der Waals surface area contributed by atoms with Crippen LogP contribution in [0.15, 0.2) is 24.3 Å². The molecule has 0 aromatic carbocycles. The van der Waals surface area contributed by atoms with Crippen LogP contribution in [0.3, 0.4) is 0 Å². The molecule has 1 amide bonds. The Bertz CT molecular complexity index is 1080. The van der Waals surface area contributed by atoms with E-state index in [2.05, 4.69) is 31.3 Å². The third-order valence-corrected chi connectivity index (χ3v) is 14.5. The number of allylic oxidation sites excluding steroid dienone is 3. The van der Waals surface area contributed by atoms with Crippen molar-refractivity contribution in [3.63, 3.8) is 0 Å². The van der Waals surface area contributed by atoms with E-state index < -0.39 is 12.1 Å². The maximum absolute atomic E-state index is 12.5. The SMILES string of the molecule is CCCCCC/C=C\CCCCCCCC(=O)OCCCCCCCCCCCCCCCCC(=O)NC(CO)C(O)/C=C/CCCCCCCCCCCCCCCCCCCCCCCCC. The van der Waals surface area contributed by atoms with Crippen LogP contribution < -0.4 is 5.32 Å². The molecule has 6 heteroatoms. The maximum atomic E-state index is 12.5. The first-order valence-electron chi connectivity index (χ1n) is 31.1. The largest absolute Gasteiger partial charge is 0.466 e. The van der Waals surface area contributed by atoms with E-state index >= 15 is 0 Å². The molecule has 0 rings (SSSR count). The Morgan fingerprint density at radius 1 is 0.391 bits per heavy atom. The highest BCUT2D eigenvalue weighted by Crippen LogP contribution is 2.18. The second-order valence-corrected chi connectivity index (χ2v) is 21.4. The highest BCUT2D eigenvalue weighted by molar-refractivity contribution is 5.76. The molecule has 0 aliphatic heterocycles. The number of esters is 1. The van der Waals surface area contributed by atoms with E-state index in [1.807, 2.05) is 6.08 Å². The molecule has 0 aliphatic rings. The molecule has 0 fully saturated rings. The first-order valence-corrected chi connectivity index (χ1v) is 31.1. The molecular formula is C63H121NO5. The van der Waals surface area contributed by atoms with Gasteiger partial charge in [-0.15, -0.1) is 0 Å². The summed E-state index contributed by atoms with van der Waals surface area (Å²) in [5.41, 5.74) is 0. The van der Waals surface area contributed by atoms with E-state index in [0.717, 1.165) is 57.8 Å². The third-order valence-electron chi connectivity index (χ3n) is 14.5. The van der Waals surface area contributed by atoms with Crippen LogP contribution in [0.25, 0.3) is 0 Å². The lowest BCUT2D eigenvalue weighted by Crippen LogP contribution is -2.45. The van der Waals surface area contributed by atoms with Gasteiger partial charge in [0.2, 0.25) is 5.91 Å². The normalized spacial score (nSPS) is 12.7. The van der Waals surface area contributed by atoms with E-state index in [1.54, 1.807) is 6.08 Å². The summed E-state index contributed by atoms with van der Waals surface area (Å²) in [4.78, 5) is 24.5. The van der Waals surface area contributed by atoms with Gasteiger partial charge < -0.3 is 20.3 Å². The molecule has 0 aromatic heterocycles. The molecule has 408 valence electrons. The summed E-state index contributed by atoms with van der Waals surface area (Å²) in [6, 6.07) is -0.637. The lowest BCUT2D eigenvalue weighted by Gasteiger charge is -2.20. The summed E-state index contributed by atoms with van der Waals surface area (Å²) >= 11 is 0. The van der Waals surface area contributed by atoms with Crippen LogP contribution >= 0.6 is 0 Å². The summed E-state index contributed by atoms with van der Waals surface area (Å²) in [6.07, 6.45) is 72.1. The molecule has 0 heterocycles. The molecule has 2 unspecified atom stereocenters. The quantitative estimate of drug-likeness (QED) is 0.0321. The van der Waals surface area contributed by atoms with Gasteiger partial charge >= 0.3 is 5.97 Å². The van der Waals surface area contributed by atoms with Gasteiger partial charge in [-0.3, -0.25) is 9.59 Å². The summed E-state index contributed by atoms with van der Waals surface area (Å²) in [7, 11) is 0. The molecule has 0 aliphatic carbocycles. The van der Waals surface area contributed by atoms with Crippen LogP contribution in [0, 0.1) is 0 Å². The van der Waals surface area contributed by atoms with Gasteiger partial charge in [0.25, 0.3) is 0 Å². The predicted molar refractivity (Wildman–Crippen MR) is 301 cm³/mol. The first-order chi connectivity index (χ1) is 34.0. The Hall–Kier alpha value is -1.66. The van der Waals surface area contributed by atoms with Crippen molar-refractivity contribution < 1.29 is 24.5 Å². The minimum Gasteiger partial charge on any atom is -0.466 e. The van der Waals surface area contributed by atoms with E-state index in [0.29, 0.717) is 19.4 Å². The van der Waals surface area contributed by atoms with Gasteiger partial charge in [0.1, 0.15) is 0 Å². The zero-order valence-electron chi connectivity index (χ0n) is 46.6. The molecule has 0 saturated heterocycles. The van der Waals surface area contributed by atoms with E-state index in [-0.39, 0.29) is 18.5 Å². The van der Waals surface area contributed by atoms with E-state index in [1.165, 1.54) is 257 Å². The monoisotopic (exact) mass is 972 g/mol. The van der Waals surface area contributed by atoms with Gasteiger partial charge in [-0.1, -0.05) is 295 Å². The topological polar surface area (TPSA) is 95.9 Å². The Morgan fingerprint density at radius 2 is 0.681 bits per heavy atom. The minimum absolute atomic E-state index is 0.0119. The highest BCUT2D eigenvalue weighted by atomic mass is 16.5. The molecule has 0 aromatic rings. The second-order valence-electron chi connectivity index (χ2n) is 21.4. The molecular weight excluding hydrogens is 851 g/mol. The predicted octanol–water partition coefficient (Wildman–Crippen LogP) is 19.4. The lowest BCUT2D eigenvalue weighted by atomic mass is 10.0. The van der Waals surface area contributed by atoms with Crippen LogP contribution in [0.5, 0.6) is 0 Å². The lowest BCUT2D eigenvalue weighted by molar-refractivity contribution is -0.143. The molecule has 3 N–H and O–H groups in total. The Morgan fingerprint density at radius 3 is 1.04 bits per heavy atom. The smallest absolute Gasteiger partial charge is 0.305 e. The number of carbonyl (C=O) groups is 2. The average Bonchev–Trinajstić information content (AvgIpc) is 3.35. The fraction of sp³-hybridized carbons (Fsp3) is 0.905. The molecule has 0 bridgehead atoms. The van der Waals surface area contributed by atoms with E-state index in [4.69, 9.17) is 4.74 Å². The van der Waals surface area contributed by atoms with Crippen molar-refractivity contribution in [2.24, 2.45) is 0 Å². The van der Waals surface area contributed by atoms with Crippen molar-refractivity contribution in [3.05, 3.63) is 24.3 Å². The highest BCUT2D eigenvalue weighted by Gasteiger charge is 2.18. The maximum Gasteiger partial charge on any atom is 0.305 e. The fourth-order valence-electron chi connectivity index (χ4n) is 9.69.